The molecule has 0 aliphatic rings. The Labute approximate surface area is 153 Å². The van der Waals surface area contributed by atoms with Gasteiger partial charge in [0.25, 0.3) is 0 Å². The number of carbonyl (C=O) groups is 1. The van der Waals surface area contributed by atoms with Gasteiger partial charge < -0.3 is 13.9 Å². The molecule has 0 amide bonds. The zero-order chi connectivity index (χ0) is 19.2. The number of carbonyl (C=O) groups excluding carboxylic acids is 1. The summed E-state index contributed by atoms with van der Waals surface area (Å²) in [5.74, 6) is -1.53. The number of halogens is 2. The van der Waals surface area contributed by atoms with Gasteiger partial charge in [0.05, 0.1) is 25.3 Å². The van der Waals surface area contributed by atoms with Gasteiger partial charge in [-0.3, -0.25) is 5.43 Å². The molecule has 1 heterocycles. The number of hydrazone groups is 1. The van der Waals surface area contributed by atoms with Crippen LogP contribution in [0.3, 0.4) is 0 Å². The number of methoxy groups -OCH3 is 1. The molecule has 27 heavy (non-hydrogen) atoms. The van der Waals surface area contributed by atoms with Gasteiger partial charge in [0.15, 0.2) is 17.3 Å². The van der Waals surface area contributed by atoms with E-state index in [1.54, 1.807) is 18.2 Å². The maximum Gasteiger partial charge on any atom is 0.379 e. The van der Waals surface area contributed by atoms with Crippen molar-refractivity contribution in [2.24, 2.45) is 5.10 Å². The van der Waals surface area contributed by atoms with Crippen molar-refractivity contribution in [3.05, 3.63) is 77.8 Å². The van der Waals surface area contributed by atoms with E-state index in [1.165, 1.54) is 37.8 Å². The van der Waals surface area contributed by atoms with Crippen molar-refractivity contribution in [1.29, 1.82) is 0 Å². The third-order valence-electron chi connectivity index (χ3n) is 3.44. The Balaban J connectivity index is 1.70. The minimum Gasteiger partial charge on any atom is -0.493 e. The van der Waals surface area contributed by atoms with Gasteiger partial charge in [-0.25, -0.2) is 13.6 Å². The highest BCUT2D eigenvalue weighted by atomic mass is 19.1. The Morgan fingerprint density at radius 1 is 1.15 bits per heavy atom. The Morgan fingerprint density at radius 3 is 2.70 bits per heavy atom. The molecule has 2 aromatic carbocycles. The van der Waals surface area contributed by atoms with Crippen LogP contribution in [-0.2, 0) is 0 Å². The van der Waals surface area contributed by atoms with Gasteiger partial charge in [0, 0.05) is 6.07 Å². The molecule has 3 aromatic rings. The molecule has 6 nitrogen and oxygen atoms in total. The molecule has 0 fully saturated rings. The molecule has 3 rings (SSSR count). The second kappa shape index (κ2) is 8.13. The lowest BCUT2D eigenvalue weighted by Gasteiger charge is -2.09. The fraction of sp³-hybridized carbons (Fsp3) is 0.0526. The second-order valence-electron chi connectivity index (χ2n) is 5.27. The van der Waals surface area contributed by atoms with Gasteiger partial charge in [0.2, 0.25) is 5.76 Å². The zero-order valence-electron chi connectivity index (χ0n) is 14.1. The van der Waals surface area contributed by atoms with E-state index in [9.17, 15) is 13.6 Å². The zero-order valence-corrected chi connectivity index (χ0v) is 14.1. The van der Waals surface area contributed by atoms with Crippen molar-refractivity contribution >= 4 is 17.9 Å². The number of benzene rings is 2. The number of hydrogen-bond donors (Lipinski definition) is 1. The van der Waals surface area contributed by atoms with Crippen molar-refractivity contribution in [3.8, 4) is 11.5 Å². The molecule has 8 heteroatoms. The Bertz CT molecular complexity index is 972. The highest BCUT2D eigenvalue weighted by Crippen LogP contribution is 2.28. The number of esters is 1. The molecular weight excluding hydrogens is 358 g/mol. The normalized spacial score (nSPS) is 10.8. The molecule has 0 saturated heterocycles. The van der Waals surface area contributed by atoms with Crippen LogP contribution in [-0.4, -0.2) is 19.3 Å². The van der Waals surface area contributed by atoms with E-state index >= 15 is 0 Å². The van der Waals surface area contributed by atoms with Crippen LogP contribution >= 0.6 is 0 Å². The van der Waals surface area contributed by atoms with E-state index in [-0.39, 0.29) is 17.2 Å². The molecule has 0 bridgehead atoms. The van der Waals surface area contributed by atoms with Crippen LogP contribution in [0.4, 0.5) is 14.5 Å². The minimum atomic E-state index is -0.759. The minimum absolute atomic E-state index is 0.0311. The third kappa shape index (κ3) is 4.49. The Kier molecular flexibility index (Phi) is 5.46. The molecule has 0 saturated carbocycles. The van der Waals surface area contributed by atoms with Gasteiger partial charge in [-0.2, -0.15) is 5.10 Å². The molecule has 0 aliphatic heterocycles. The van der Waals surface area contributed by atoms with E-state index < -0.39 is 17.6 Å². The molecule has 1 N–H and O–H groups in total. The van der Waals surface area contributed by atoms with Crippen LogP contribution in [0.5, 0.6) is 11.5 Å². The van der Waals surface area contributed by atoms with E-state index in [0.29, 0.717) is 11.3 Å². The Hall–Kier alpha value is -3.68. The topological polar surface area (TPSA) is 73.1 Å². The predicted molar refractivity (Wildman–Crippen MR) is 94.2 cm³/mol. The first-order valence-corrected chi connectivity index (χ1v) is 7.74. The molecule has 0 radical (unpaired) electrons. The van der Waals surface area contributed by atoms with Crippen molar-refractivity contribution in [2.45, 2.75) is 0 Å². The molecule has 0 spiro atoms. The molecule has 0 unspecified atom stereocenters. The number of nitrogens with one attached hydrogen (secondary N) is 1. The molecule has 0 aliphatic carbocycles. The first kappa shape index (κ1) is 18.1. The summed E-state index contributed by atoms with van der Waals surface area (Å²) in [6, 6.07) is 10.9. The average Bonchev–Trinajstić information content (AvgIpc) is 3.19. The second-order valence-corrected chi connectivity index (χ2v) is 5.27. The van der Waals surface area contributed by atoms with Crippen molar-refractivity contribution in [1.82, 2.24) is 0 Å². The number of nitrogens with zero attached hydrogens (tertiary/aromatic N) is 1. The Morgan fingerprint density at radius 2 is 2.00 bits per heavy atom. The maximum absolute atomic E-state index is 13.5. The summed E-state index contributed by atoms with van der Waals surface area (Å²) in [6.07, 6.45) is 2.77. The van der Waals surface area contributed by atoms with E-state index in [1.807, 2.05) is 0 Å². The monoisotopic (exact) mass is 372 g/mol. The van der Waals surface area contributed by atoms with Gasteiger partial charge in [-0.15, -0.1) is 0 Å². The lowest BCUT2D eigenvalue weighted by Crippen LogP contribution is -2.08. The van der Waals surface area contributed by atoms with Crippen LogP contribution in [0.2, 0.25) is 0 Å². The fourth-order valence-corrected chi connectivity index (χ4v) is 2.15. The van der Waals surface area contributed by atoms with Gasteiger partial charge in [-0.1, -0.05) is 0 Å². The first-order chi connectivity index (χ1) is 13.1. The summed E-state index contributed by atoms with van der Waals surface area (Å²) < 4.78 is 41.8. The summed E-state index contributed by atoms with van der Waals surface area (Å²) in [4.78, 5) is 11.9. The number of ether oxygens (including phenoxy) is 2. The van der Waals surface area contributed by atoms with Crippen LogP contribution < -0.4 is 14.9 Å². The van der Waals surface area contributed by atoms with Crippen molar-refractivity contribution < 1.29 is 27.5 Å². The van der Waals surface area contributed by atoms with E-state index in [4.69, 9.17) is 13.9 Å². The quantitative estimate of drug-likeness (QED) is 0.303. The average molecular weight is 372 g/mol. The lowest BCUT2D eigenvalue weighted by molar-refractivity contribution is 0.0696. The number of anilines is 1. The fourth-order valence-electron chi connectivity index (χ4n) is 2.15. The van der Waals surface area contributed by atoms with Crippen LogP contribution in [0.1, 0.15) is 16.1 Å². The van der Waals surface area contributed by atoms with Crippen LogP contribution in [0.25, 0.3) is 0 Å². The molecule has 0 atom stereocenters. The first-order valence-electron chi connectivity index (χ1n) is 7.74. The van der Waals surface area contributed by atoms with E-state index in [2.05, 4.69) is 10.5 Å². The standard InChI is InChI=1S/C19H14F2N2O4/c1-25-18-9-12(11-22-23-15-6-5-13(20)10-14(15)21)4-7-16(18)27-19(24)17-3-2-8-26-17/h2-11,23H,1H3/b22-11-. The van der Waals surface area contributed by atoms with Gasteiger partial charge >= 0.3 is 5.97 Å². The van der Waals surface area contributed by atoms with Crippen molar-refractivity contribution in [3.63, 3.8) is 0 Å². The van der Waals surface area contributed by atoms with Crippen LogP contribution in [0.15, 0.2) is 64.3 Å². The summed E-state index contributed by atoms with van der Waals surface area (Å²) in [7, 11) is 1.42. The van der Waals surface area contributed by atoms with E-state index in [0.717, 1.165) is 12.1 Å². The largest absolute Gasteiger partial charge is 0.493 e. The number of rotatable bonds is 6. The molecule has 138 valence electrons. The smallest absolute Gasteiger partial charge is 0.379 e. The maximum atomic E-state index is 13.5. The predicted octanol–water partition coefficient (Wildman–Crippen LogP) is 4.23. The lowest BCUT2D eigenvalue weighted by atomic mass is 10.2. The number of hydrogen-bond acceptors (Lipinski definition) is 6. The summed E-state index contributed by atoms with van der Waals surface area (Å²) in [6.45, 7) is 0. The molecular formula is C19H14F2N2O4. The highest BCUT2D eigenvalue weighted by Gasteiger charge is 2.14. The molecule has 1 aromatic heterocycles. The summed E-state index contributed by atoms with van der Waals surface area (Å²) in [5.41, 5.74) is 3.11. The summed E-state index contributed by atoms with van der Waals surface area (Å²) in [5, 5.41) is 3.89. The van der Waals surface area contributed by atoms with Gasteiger partial charge in [-0.05, 0) is 48.0 Å². The summed E-state index contributed by atoms with van der Waals surface area (Å²) >= 11 is 0. The highest BCUT2D eigenvalue weighted by molar-refractivity contribution is 5.89. The SMILES string of the molecule is COc1cc(/C=N\Nc2ccc(F)cc2F)ccc1OC(=O)c1ccco1. The van der Waals surface area contributed by atoms with Crippen LogP contribution in [0, 0.1) is 11.6 Å². The van der Waals surface area contributed by atoms with Gasteiger partial charge in [0.1, 0.15) is 5.82 Å². The number of furan rings is 1. The van der Waals surface area contributed by atoms with Crippen molar-refractivity contribution in [2.75, 3.05) is 12.5 Å². The third-order valence-corrected chi connectivity index (χ3v) is 3.44.